The van der Waals surface area contributed by atoms with E-state index in [4.69, 9.17) is 0 Å². The summed E-state index contributed by atoms with van der Waals surface area (Å²) in [6.45, 7) is 2.70. The molecule has 2 aliphatic rings. The Kier molecular flexibility index (Phi) is 2.66. The van der Waals surface area contributed by atoms with Gasteiger partial charge in [0.2, 0.25) is 0 Å². The van der Waals surface area contributed by atoms with Crippen LogP contribution in [0.25, 0.3) is 0 Å². The lowest BCUT2D eigenvalue weighted by Gasteiger charge is -2.28. The van der Waals surface area contributed by atoms with Crippen LogP contribution < -0.4 is 5.32 Å². The highest BCUT2D eigenvalue weighted by molar-refractivity contribution is 4.90. The van der Waals surface area contributed by atoms with Gasteiger partial charge in [0.15, 0.2) is 0 Å². The third-order valence-corrected chi connectivity index (χ3v) is 3.46. The third kappa shape index (κ3) is 1.50. The molecule has 2 fully saturated rings. The minimum absolute atomic E-state index is 0.781. The molecule has 1 heterocycles. The van der Waals surface area contributed by atoms with Crippen LogP contribution in [0.2, 0.25) is 0 Å². The Balaban J connectivity index is 1.92. The molecule has 1 aliphatic heterocycles. The van der Waals surface area contributed by atoms with E-state index in [1.54, 1.807) is 0 Å². The van der Waals surface area contributed by atoms with Crippen LogP contribution in [0.4, 0.5) is 0 Å². The third-order valence-electron chi connectivity index (χ3n) is 3.46. The molecular formula is C10H20N2. The van der Waals surface area contributed by atoms with E-state index in [0.29, 0.717) is 0 Å². The molecule has 0 radical (unpaired) electrons. The summed E-state index contributed by atoms with van der Waals surface area (Å²) in [7, 11) is 2.11. The zero-order valence-electron chi connectivity index (χ0n) is 8.05. The molecule has 0 aromatic heterocycles. The van der Waals surface area contributed by atoms with Crippen LogP contribution in [-0.2, 0) is 0 Å². The van der Waals surface area contributed by atoms with Crippen molar-refractivity contribution in [3.05, 3.63) is 0 Å². The van der Waals surface area contributed by atoms with E-state index in [0.717, 1.165) is 12.1 Å². The molecule has 2 atom stereocenters. The van der Waals surface area contributed by atoms with Crippen molar-refractivity contribution in [2.24, 2.45) is 0 Å². The predicted molar refractivity (Wildman–Crippen MR) is 51.3 cm³/mol. The Morgan fingerprint density at radius 2 is 1.83 bits per heavy atom. The summed E-state index contributed by atoms with van der Waals surface area (Å²) in [5, 5.41) is 3.45. The fourth-order valence-corrected chi connectivity index (χ4v) is 2.79. The average Bonchev–Trinajstić information content (AvgIpc) is 2.74. The summed E-state index contributed by atoms with van der Waals surface area (Å²) in [4.78, 5) is 2.69. The second-order valence-corrected chi connectivity index (χ2v) is 4.14. The zero-order valence-corrected chi connectivity index (χ0v) is 8.05. The Hall–Kier alpha value is -0.0800. The number of nitrogens with zero attached hydrogens (tertiary/aromatic N) is 1. The summed E-state index contributed by atoms with van der Waals surface area (Å²) < 4.78 is 0. The molecule has 2 nitrogen and oxygen atoms in total. The fraction of sp³-hybridized carbons (Fsp3) is 1.00. The van der Waals surface area contributed by atoms with E-state index in [1.165, 1.54) is 45.2 Å². The van der Waals surface area contributed by atoms with E-state index in [9.17, 15) is 0 Å². The van der Waals surface area contributed by atoms with Crippen LogP contribution in [0.3, 0.4) is 0 Å². The Labute approximate surface area is 75.3 Å². The smallest absolute Gasteiger partial charge is 0.0249 e. The SMILES string of the molecule is CN[C@H]1CCC[C@H]1N1CCCC1. The van der Waals surface area contributed by atoms with Gasteiger partial charge >= 0.3 is 0 Å². The Morgan fingerprint density at radius 3 is 2.50 bits per heavy atom. The van der Waals surface area contributed by atoms with Crippen molar-refractivity contribution in [1.82, 2.24) is 10.2 Å². The quantitative estimate of drug-likeness (QED) is 0.667. The lowest BCUT2D eigenvalue weighted by Crippen LogP contribution is -2.44. The first kappa shape index (κ1) is 8.52. The predicted octanol–water partition coefficient (Wildman–Crippen LogP) is 1.22. The Bertz CT molecular complexity index is 141. The van der Waals surface area contributed by atoms with E-state index in [1.807, 2.05) is 0 Å². The molecule has 1 aliphatic carbocycles. The van der Waals surface area contributed by atoms with Gasteiger partial charge in [-0.25, -0.2) is 0 Å². The monoisotopic (exact) mass is 168 g/mol. The Morgan fingerprint density at radius 1 is 1.08 bits per heavy atom. The van der Waals surface area contributed by atoms with Gasteiger partial charge in [0, 0.05) is 12.1 Å². The maximum atomic E-state index is 3.45. The van der Waals surface area contributed by atoms with Crippen molar-refractivity contribution < 1.29 is 0 Å². The van der Waals surface area contributed by atoms with Crippen molar-refractivity contribution in [3.63, 3.8) is 0 Å². The maximum Gasteiger partial charge on any atom is 0.0249 e. The average molecular weight is 168 g/mol. The highest BCUT2D eigenvalue weighted by atomic mass is 15.2. The second-order valence-electron chi connectivity index (χ2n) is 4.14. The molecule has 0 spiro atoms. The molecule has 0 unspecified atom stereocenters. The van der Waals surface area contributed by atoms with Crippen LogP contribution in [0.1, 0.15) is 32.1 Å². The van der Waals surface area contributed by atoms with Gasteiger partial charge in [-0.3, -0.25) is 4.90 Å². The molecule has 0 aromatic carbocycles. The van der Waals surface area contributed by atoms with Gasteiger partial charge < -0.3 is 5.32 Å². The van der Waals surface area contributed by atoms with E-state index in [2.05, 4.69) is 17.3 Å². The summed E-state index contributed by atoms with van der Waals surface area (Å²) in [5.41, 5.74) is 0. The maximum absolute atomic E-state index is 3.45. The molecule has 2 heteroatoms. The molecule has 12 heavy (non-hydrogen) atoms. The van der Waals surface area contributed by atoms with Crippen LogP contribution >= 0.6 is 0 Å². The lowest BCUT2D eigenvalue weighted by atomic mass is 10.1. The molecule has 0 aromatic rings. The fourth-order valence-electron chi connectivity index (χ4n) is 2.79. The standard InChI is InChI=1S/C10H20N2/c1-11-9-5-4-6-10(9)12-7-2-3-8-12/h9-11H,2-8H2,1H3/t9-,10+/m0/s1. The minimum atomic E-state index is 0.781. The summed E-state index contributed by atoms with van der Waals surface area (Å²) >= 11 is 0. The molecule has 1 saturated carbocycles. The van der Waals surface area contributed by atoms with Crippen LogP contribution in [0.5, 0.6) is 0 Å². The number of likely N-dealkylation sites (tertiary alicyclic amines) is 1. The summed E-state index contributed by atoms with van der Waals surface area (Å²) in [5.74, 6) is 0. The van der Waals surface area contributed by atoms with Gasteiger partial charge in [-0.05, 0) is 45.8 Å². The van der Waals surface area contributed by atoms with Gasteiger partial charge in [0.1, 0.15) is 0 Å². The van der Waals surface area contributed by atoms with Crippen LogP contribution in [-0.4, -0.2) is 37.1 Å². The summed E-state index contributed by atoms with van der Waals surface area (Å²) in [6.07, 6.45) is 7.08. The molecule has 1 saturated heterocycles. The van der Waals surface area contributed by atoms with Gasteiger partial charge in [-0.2, -0.15) is 0 Å². The number of hydrogen-bond acceptors (Lipinski definition) is 2. The highest BCUT2D eigenvalue weighted by Gasteiger charge is 2.31. The van der Waals surface area contributed by atoms with Gasteiger partial charge in [0.25, 0.3) is 0 Å². The van der Waals surface area contributed by atoms with E-state index < -0.39 is 0 Å². The van der Waals surface area contributed by atoms with Crippen molar-refractivity contribution in [1.29, 1.82) is 0 Å². The first-order valence-corrected chi connectivity index (χ1v) is 5.33. The van der Waals surface area contributed by atoms with Crippen molar-refractivity contribution in [3.8, 4) is 0 Å². The highest BCUT2D eigenvalue weighted by Crippen LogP contribution is 2.26. The normalized spacial score (nSPS) is 37.8. The first-order valence-electron chi connectivity index (χ1n) is 5.33. The molecule has 2 rings (SSSR count). The largest absolute Gasteiger partial charge is 0.315 e. The van der Waals surface area contributed by atoms with Crippen molar-refractivity contribution in [2.45, 2.75) is 44.2 Å². The lowest BCUT2D eigenvalue weighted by molar-refractivity contribution is 0.216. The molecular weight excluding hydrogens is 148 g/mol. The molecule has 0 bridgehead atoms. The number of nitrogens with one attached hydrogen (secondary N) is 1. The van der Waals surface area contributed by atoms with Crippen molar-refractivity contribution >= 4 is 0 Å². The number of likely N-dealkylation sites (N-methyl/N-ethyl adjacent to an activating group) is 1. The topological polar surface area (TPSA) is 15.3 Å². The molecule has 70 valence electrons. The van der Waals surface area contributed by atoms with E-state index in [-0.39, 0.29) is 0 Å². The first-order chi connectivity index (χ1) is 5.92. The minimum Gasteiger partial charge on any atom is -0.315 e. The summed E-state index contributed by atoms with van der Waals surface area (Å²) in [6, 6.07) is 1.64. The van der Waals surface area contributed by atoms with Gasteiger partial charge in [-0.15, -0.1) is 0 Å². The van der Waals surface area contributed by atoms with Crippen LogP contribution in [0.15, 0.2) is 0 Å². The number of hydrogen-bond donors (Lipinski definition) is 1. The van der Waals surface area contributed by atoms with Crippen LogP contribution in [0, 0.1) is 0 Å². The number of rotatable bonds is 2. The van der Waals surface area contributed by atoms with Gasteiger partial charge in [0.05, 0.1) is 0 Å². The zero-order chi connectivity index (χ0) is 8.39. The molecule has 1 N–H and O–H groups in total. The second kappa shape index (κ2) is 3.75. The van der Waals surface area contributed by atoms with Gasteiger partial charge in [-0.1, -0.05) is 6.42 Å². The van der Waals surface area contributed by atoms with E-state index >= 15 is 0 Å². The van der Waals surface area contributed by atoms with Crippen molar-refractivity contribution in [2.75, 3.05) is 20.1 Å². The molecule has 0 amide bonds.